The zero-order valence-corrected chi connectivity index (χ0v) is 10.8. The normalized spacial score (nSPS) is 12.5. The van der Waals surface area contributed by atoms with E-state index < -0.39 is 0 Å². The van der Waals surface area contributed by atoms with Gasteiger partial charge in [0.2, 0.25) is 0 Å². The lowest BCUT2D eigenvalue weighted by atomic mass is 9.91. The number of nitrogens with two attached hydrogens (primary N) is 1. The SMILES string of the molecule is COC(=O)CCC(N)c1ccccc1C(C)C. The van der Waals surface area contributed by atoms with Gasteiger partial charge in [0.05, 0.1) is 7.11 Å². The Labute approximate surface area is 103 Å². The summed E-state index contributed by atoms with van der Waals surface area (Å²) in [6.45, 7) is 4.29. The molecular formula is C14H21NO2. The Balaban J connectivity index is 2.74. The van der Waals surface area contributed by atoms with E-state index in [1.165, 1.54) is 12.7 Å². The minimum atomic E-state index is -0.206. The average Bonchev–Trinajstić information content (AvgIpc) is 2.35. The second kappa shape index (κ2) is 6.40. The lowest BCUT2D eigenvalue weighted by molar-refractivity contribution is -0.140. The number of hydrogen-bond acceptors (Lipinski definition) is 3. The van der Waals surface area contributed by atoms with Gasteiger partial charge in [-0.15, -0.1) is 0 Å². The van der Waals surface area contributed by atoms with Gasteiger partial charge in [-0.1, -0.05) is 38.1 Å². The molecule has 1 aromatic carbocycles. The summed E-state index contributed by atoms with van der Waals surface area (Å²) in [6.07, 6.45) is 0.987. The van der Waals surface area contributed by atoms with Gasteiger partial charge in [-0.05, 0) is 23.5 Å². The molecule has 0 fully saturated rings. The van der Waals surface area contributed by atoms with Crippen LogP contribution in [0.15, 0.2) is 24.3 Å². The molecular weight excluding hydrogens is 214 g/mol. The predicted molar refractivity (Wildman–Crippen MR) is 68.7 cm³/mol. The van der Waals surface area contributed by atoms with Crippen LogP contribution in [0.3, 0.4) is 0 Å². The smallest absolute Gasteiger partial charge is 0.305 e. The fourth-order valence-electron chi connectivity index (χ4n) is 1.91. The topological polar surface area (TPSA) is 52.3 Å². The lowest BCUT2D eigenvalue weighted by Gasteiger charge is -2.18. The highest BCUT2D eigenvalue weighted by Crippen LogP contribution is 2.25. The molecule has 94 valence electrons. The maximum atomic E-state index is 11.1. The van der Waals surface area contributed by atoms with E-state index in [2.05, 4.69) is 24.7 Å². The van der Waals surface area contributed by atoms with E-state index in [-0.39, 0.29) is 12.0 Å². The molecule has 3 nitrogen and oxygen atoms in total. The summed E-state index contributed by atoms with van der Waals surface area (Å²) < 4.78 is 4.62. The van der Waals surface area contributed by atoms with Crippen LogP contribution < -0.4 is 5.73 Å². The van der Waals surface area contributed by atoms with Gasteiger partial charge in [0.1, 0.15) is 0 Å². The van der Waals surface area contributed by atoms with Crippen LogP contribution in [0.2, 0.25) is 0 Å². The number of methoxy groups -OCH3 is 1. The molecule has 0 aliphatic rings. The van der Waals surface area contributed by atoms with Crippen LogP contribution in [0.4, 0.5) is 0 Å². The average molecular weight is 235 g/mol. The highest BCUT2D eigenvalue weighted by Gasteiger charge is 2.14. The maximum Gasteiger partial charge on any atom is 0.305 e. The Morgan fingerprint density at radius 3 is 2.41 bits per heavy atom. The van der Waals surface area contributed by atoms with Crippen molar-refractivity contribution in [1.82, 2.24) is 0 Å². The van der Waals surface area contributed by atoms with E-state index in [4.69, 9.17) is 5.73 Å². The molecule has 0 aromatic heterocycles. The largest absolute Gasteiger partial charge is 0.469 e. The maximum absolute atomic E-state index is 11.1. The molecule has 0 heterocycles. The van der Waals surface area contributed by atoms with E-state index in [9.17, 15) is 4.79 Å². The summed E-state index contributed by atoms with van der Waals surface area (Å²) in [4.78, 5) is 11.1. The molecule has 0 aliphatic heterocycles. The highest BCUT2D eigenvalue weighted by molar-refractivity contribution is 5.69. The monoisotopic (exact) mass is 235 g/mol. The van der Waals surface area contributed by atoms with E-state index >= 15 is 0 Å². The molecule has 1 rings (SSSR count). The first kappa shape index (κ1) is 13.7. The highest BCUT2D eigenvalue weighted by atomic mass is 16.5. The molecule has 1 atom stereocenters. The van der Waals surface area contributed by atoms with Crippen molar-refractivity contribution in [2.75, 3.05) is 7.11 Å². The Morgan fingerprint density at radius 2 is 1.88 bits per heavy atom. The molecule has 0 radical (unpaired) electrons. The van der Waals surface area contributed by atoms with Crippen LogP contribution in [0.25, 0.3) is 0 Å². The molecule has 0 spiro atoms. The minimum Gasteiger partial charge on any atom is -0.469 e. The summed E-state index contributed by atoms with van der Waals surface area (Å²) in [5, 5.41) is 0. The first-order chi connectivity index (χ1) is 8.06. The van der Waals surface area contributed by atoms with Crippen molar-refractivity contribution in [3.8, 4) is 0 Å². The number of rotatable bonds is 5. The van der Waals surface area contributed by atoms with Crippen molar-refractivity contribution in [3.05, 3.63) is 35.4 Å². The van der Waals surface area contributed by atoms with Gasteiger partial charge in [0.15, 0.2) is 0 Å². The fraction of sp³-hybridized carbons (Fsp3) is 0.500. The molecule has 0 saturated carbocycles. The van der Waals surface area contributed by atoms with Crippen LogP contribution in [-0.2, 0) is 9.53 Å². The molecule has 0 amide bonds. The van der Waals surface area contributed by atoms with Crippen molar-refractivity contribution in [2.45, 2.75) is 38.6 Å². The molecule has 2 N–H and O–H groups in total. The quantitative estimate of drug-likeness (QED) is 0.798. The van der Waals surface area contributed by atoms with Gasteiger partial charge in [-0.25, -0.2) is 0 Å². The van der Waals surface area contributed by atoms with Crippen molar-refractivity contribution < 1.29 is 9.53 Å². The van der Waals surface area contributed by atoms with Crippen LogP contribution in [-0.4, -0.2) is 13.1 Å². The Hall–Kier alpha value is -1.35. The van der Waals surface area contributed by atoms with Gasteiger partial charge in [0.25, 0.3) is 0 Å². The van der Waals surface area contributed by atoms with E-state index in [0.717, 1.165) is 5.56 Å². The van der Waals surface area contributed by atoms with Crippen molar-refractivity contribution >= 4 is 5.97 Å². The third-order valence-electron chi connectivity index (χ3n) is 2.90. The van der Waals surface area contributed by atoms with E-state index in [1.807, 2.05) is 18.2 Å². The molecule has 0 bridgehead atoms. The molecule has 3 heteroatoms. The standard InChI is InChI=1S/C14H21NO2/c1-10(2)11-6-4-5-7-12(11)13(15)8-9-14(16)17-3/h4-7,10,13H,8-9,15H2,1-3H3. The molecule has 0 aliphatic carbocycles. The predicted octanol–water partition coefficient (Wildman–Crippen LogP) is 2.76. The van der Waals surface area contributed by atoms with Gasteiger partial charge in [-0.3, -0.25) is 4.79 Å². The molecule has 1 unspecified atom stereocenters. The van der Waals surface area contributed by atoms with Gasteiger partial charge >= 0.3 is 5.97 Å². The summed E-state index contributed by atoms with van der Waals surface area (Å²) in [5.41, 5.74) is 8.51. The van der Waals surface area contributed by atoms with Crippen molar-refractivity contribution in [3.63, 3.8) is 0 Å². The number of esters is 1. The Bertz CT molecular complexity index is 374. The number of carbonyl (C=O) groups excluding carboxylic acids is 1. The van der Waals surface area contributed by atoms with Crippen LogP contribution in [0, 0.1) is 0 Å². The molecule has 0 saturated heterocycles. The van der Waals surface area contributed by atoms with E-state index in [0.29, 0.717) is 18.8 Å². The number of hydrogen-bond donors (Lipinski definition) is 1. The Morgan fingerprint density at radius 1 is 1.29 bits per heavy atom. The van der Waals surface area contributed by atoms with Gasteiger partial charge < -0.3 is 10.5 Å². The van der Waals surface area contributed by atoms with Crippen molar-refractivity contribution in [1.29, 1.82) is 0 Å². The number of benzene rings is 1. The second-order valence-electron chi connectivity index (χ2n) is 4.50. The van der Waals surface area contributed by atoms with Crippen LogP contribution in [0.1, 0.15) is 49.8 Å². The zero-order valence-electron chi connectivity index (χ0n) is 10.8. The summed E-state index contributed by atoms with van der Waals surface area (Å²) >= 11 is 0. The van der Waals surface area contributed by atoms with Gasteiger partial charge in [0, 0.05) is 12.5 Å². The first-order valence-electron chi connectivity index (χ1n) is 5.97. The lowest BCUT2D eigenvalue weighted by Crippen LogP contribution is -2.15. The third kappa shape index (κ3) is 3.86. The number of ether oxygens (including phenoxy) is 1. The summed E-state index contributed by atoms with van der Waals surface area (Å²) in [5.74, 6) is 0.234. The van der Waals surface area contributed by atoms with Crippen molar-refractivity contribution in [2.24, 2.45) is 5.73 Å². The second-order valence-corrected chi connectivity index (χ2v) is 4.50. The number of carbonyl (C=O) groups is 1. The van der Waals surface area contributed by atoms with Crippen LogP contribution in [0.5, 0.6) is 0 Å². The molecule has 17 heavy (non-hydrogen) atoms. The Kier molecular flexibility index (Phi) is 5.16. The first-order valence-corrected chi connectivity index (χ1v) is 5.97. The van der Waals surface area contributed by atoms with Gasteiger partial charge in [-0.2, -0.15) is 0 Å². The fourth-order valence-corrected chi connectivity index (χ4v) is 1.91. The zero-order chi connectivity index (χ0) is 12.8. The summed E-state index contributed by atoms with van der Waals surface area (Å²) in [7, 11) is 1.40. The van der Waals surface area contributed by atoms with E-state index in [1.54, 1.807) is 0 Å². The molecule has 1 aromatic rings. The van der Waals surface area contributed by atoms with Crippen LogP contribution >= 0.6 is 0 Å². The summed E-state index contributed by atoms with van der Waals surface area (Å²) in [6, 6.07) is 8.04. The minimum absolute atomic E-state index is 0.104. The third-order valence-corrected chi connectivity index (χ3v) is 2.90.